The number of carbonyl (C=O) groups is 1. The molecule has 5 aliphatic rings. The highest BCUT2D eigenvalue weighted by atomic mass is 16.7. The second-order valence-corrected chi connectivity index (χ2v) is 12.5. The molecular formula is C26H40O10. The summed E-state index contributed by atoms with van der Waals surface area (Å²) in [7, 11) is 0. The van der Waals surface area contributed by atoms with Gasteiger partial charge in [0.05, 0.1) is 30.3 Å². The van der Waals surface area contributed by atoms with Gasteiger partial charge in [-0.25, -0.2) is 0 Å². The number of carbonyl (C=O) groups excluding carboxylic acids is 1. The molecule has 5 fully saturated rings. The largest absolute Gasteiger partial charge is 0.432 e. The summed E-state index contributed by atoms with van der Waals surface area (Å²) in [5.41, 5.74) is -1.94. The molecule has 0 amide bonds. The Bertz CT molecular complexity index is 909. The third kappa shape index (κ3) is 3.35. The number of aliphatic hydroxyl groups excluding tert-OH is 7. The fraction of sp³-hybridized carbons (Fsp3) is 0.885. The van der Waals surface area contributed by atoms with Gasteiger partial charge in [-0.2, -0.15) is 0 Å². The van der Waals surface area contributed by atoms with Crippen molar-refractivity contribution in [3.05, 3.63) is 12.2 Å². The molecule has 14 atom stereocenters. The summed E-state index contributed by atoms with van der Waals surface area (Å²) in [4.78, 5) is 13.7. The van der Waals surface area contributed by atoms with Crippen molar-refractivity contribution in [3.63, 3.8) is 0 Å². The number of hydrogen-bond donors (Lipinski definition) is 7. The van der Waals surface area contributed by atoms with Gasteiger partial charge in [0.2, 0.25) is 6.29 Å². The highest BCUT2D eigenvalue weighted by Crippen LogP contribution is 2.72. The average Bonchev–Trinajstić information content (AvgIpc) is 3.02. The smallest absolute Gasteiger partial charge is 0.314 e. The van der Waals surface area contributed by atoms with Gasteiger partial charge in [-0.3, -0.25) is 4.79 Å². The second-order valence-electron chi connectivity index (χ2n) is 12.5. The lowest BCUT2D eigenvalue weighted by Crippen LogP contribution is -2.68. The molecule has 1 spiro atoms. The number of rotatable bonds is 3. The van der Waals surface area contributed by atoms with Gasteiger partial charge in [-0.05, 0) is 61.9 Å². The fourth-order valence-corrected chi connectivity index (χ4v) is 9.04. The standard InChI is InChI=1S/C26H40O10/c1-11-12-7-13(28)20-24(2)5-4-6-25(3,15(24)8-16(29)26(20,9-12)21(11)33)23(34)36-22-19(32)18(31)17(30)14(10-27)35-22/h12-22,27-33H,1,4-10H2,2-3H3. The van der Waals surface area contributed by atoms with Gasteiger partial charge in [0.25, 0.3) is 0 Å². The molecule has 5 rings (SSSR count). The quantitative estimate of drug-likeness (QED) is 0.187. The molecule has 204 valence electrons. The lowest BCUT2D eigenvalue weighted by molar-refractivity contribution is -0.300. The van der Waals surface area contributed by atoms with E-state index < -0.39 is 89.7 Å². The van der Waals surface area contributed by atoms with E-state index in [0.29, 0.717) is 37.7 Å². The van der Waals surface area contributed by atoms with Crippen LogP contribution in [0, 0.1) is 34.0 Å². The summed E-state index contributed by atoms with van der Waals surface area (Å²) in [5, 5.41) is 74.1. The molecule has 2 bridgehead atoms. The summed E-state index contributed by atoms with van der Waals surface area (Å²) in [6.45, 7) is 7.23. The Labute approximate surface area is 210 Å². The molecule has 0 aromatic rings. The van der Waals surface area contributed by atoms with E-state index in [-0.39, 0.29) is 12.3 Å². The van der Waals surface area contributed by atoms with Crippen molar-refractivity contribution >= 4 is 5.97 Å². The van der Waals surface area contributed by atoms with Crippen LogP contribution in [0.15, 0.2) is 12.2 Å². The predicted molar refractivity (Wildman–Crippen MR) is 124 cm³/mol. The first-order valence-corrected chi connectivity index (χ1v) is 13.1. The maximum absolute atomic E-state index is 13.7. The van der Waals surface area contributed by atoms with Crippen LogP contribution in [0.3, 0.4) is 0 Å². The third-order valence-corrected chi connectivity index (χ3v) is 10.8. The van der Waals surface area contributed by atoms with Gasteiger partial charge in [0.1, 0.15) is 24.4 Å². The zero-order chi connectivity index (χ0) is 26.4. The molecule has 36 heavy (non-hydrogen) atoms. The van der Waals surface area contributed by atoms with Gasteiger partial charge in [-0.1, -0.05) is 19.9 Å². The van der Waals surface area contributed by atoms with Crippen molar-refractivity contribution in [2.45, 2.75) is 101 Å². The van der Waals surface area contributed by atoms with Crippen molar-refractivity contribution in [1.29, 1.82) is 0 Å². The first-order chi connectivity index (χ1) is 16.8. The molecule has 1 aliphatic heterocycles. The SMILES string of the molecule is C=C1C2CC(O)C3C4(C)CCCC(C)(C(=O)OC5OC(CO)C(O)C(O)C5O)C4CC(O)C3(C2)C1O. The zero-order valence-electron chi connectivity index (χ0n) is 20.9. The van der Waals surface area contributed by atoms with Gasteiger partial charge in [0, 0.05) is 11.3 Å². The van der Waals surface area contributed by atoms with Crippen molar-refractivity contribution < 1.29 is 50.0 Å². The molecule has 10 nitrogen and oxygen atoms in total. The number of esters is 1. The van der Waals surface area contributed by atoms with Crippen molar-refractivity contribution in [3.8, 4) is 0 Å². The van der Waals surface area contributed by atoms with Crippen LogP contribution >= 0.6 is 0 Å². The van der Waals surface area contributed by atoms with Crippen LogP contribution in [0.25, 0.3) is 0 Å². The van der Waals surface area contributed by atoms with Crippen LogP contribution in [-0.4, -0.2) is 97.3 Å². The van der Waals surface area contributed by atoms with Gasteiger partial charge in [0.15, 0.2) is 0 Å². The first-order valence-electron chi connectivity index (χ1n) is 13.1. The van der Waals surface area contributed by atoms with E-state index in [1.165, 1.54) is 0 Å². The maximum atomic E-state index is 13.7. The molecule has 4 aliphatic carbocycles. The van der Waals surface area contributed by atoms with Crippen LogP contribution in [-0.2, 0) is 14.3 Å². The lowest BCUT2D eigenvalue weighted by atomic mass is 9.39. The molecule has 0 aromatic heterocycles. The Hall–Kier alpha value is -1.11. The van der Waals surface area contributed by atoms with Gasteiger partial charge >= 0.3 is 5.97 Å². The molecule has 10 heteroatoms. The van der Waals surface area contributed by atoms with E-state index in [1.807, 2.05) is 6.92 Å². The Balaban J connectivity index is 1.45. The first kappa shape index (κ1) is 26.5. The third-order valence-electron chi connectivity index (χ3n) is 10.8. The van der Waals surface area contributed by atoms with Crippen LogP contribution in [0.2, 0.25) is 0 Å². The summed E-state index contributed by atoms with van der Waals surface area (Å²) in [5.74, 6) is -1.56. The molecule has 7 N–H and O–H groups in total. The summed E-state index contributed by atoms with van der Waals surface area (Å²) < 4.78 is 11.0. The molecular weight excluding hydrogens is 472 g/mol. The van der Waals surface area contributed by atoms with Crippen molar-refractivity contribution in [2.24, 2.45) is 34.0 Å². The van der Waals surface area contributed by atoms with Crippen LogP contribution in [0.1, 0.15) is 52.4 Å². The minimum absolute atomic E-state index is 0.0489. The van der Waals surface area contributed by atoms with E-state index in [1.54, 1.807) is 6.92 Å². The molecule has 1 saturated heterocycles. The Kier molecular flexibility index (Phi) is 6.41. The van der Waals surface area contributed by atoms with Crippen molar-refractivity contribution in [2.75, 3.05) is 6.61 Å². The van der Waals surface area contributed by atoms with Gasteiger partial charge < -0.3 is 45.2 Å². The van der Waals surface area contributed by atoms with Gasteiger partial charge in [-0.15, -0.1) is 0 Å². The fourth-order valence-electron chi connectivity index (χ4n) is 9.04. The number of ether oxygens (including phenoxy) is 2. The highest BCUT2D eigenvalue weighted by Gasteiger charge is 2.73. The molecule has 0 radical (unpaired) electrons. The minimum atomic E-state index is -1.71. The normalized spacial score (nSPS) is 56.6. The summed E-state index contributed by atoms with van der Waals surface area (Å²) in [6, 6.07) is 0. The maximum Gasteiger partial charge on any atom is 0.314 e. The Morgan fingerprint density at radius 1 is 1.06 bits per heavy atom. The second kappa shape index (κ2) is 8.71. The van der Waals surface area contributed by atoms with Crippen LogP contribution in [0.4, 0.5) is 0 Å². The summed E-state index contributed by atoms with van der Waals surface area (Å²) >= 11 is 0. The molecule has 1 heterocycles. The number of fused-ring (bicyclic) bond motifs is 3. The summed E-state index contributed by atoms with van der Waals surface area (Å²) in [6.07, 6.45) is -7.30. The Morgan fingerprint density at radius 2 is 1.75 bits per heavy atom. The lowest BCUT2D eigenvalue weighted by Gasteiger charge is -2.66. The topological polar surface area (TPSA) is 177 Å². The Morgan fingerprint density at radius 3 is 2.42 bits per heavy atom. The van der Waals surface area contributed by atoms with E-state index in [4.69, 9.17) is 9.47 Å². The number of hydrogen-bond acceptors (Lipinski definition) is 10. The van der Waals surface area contributed by atoms with E-state index in [0.717, 1.165) is 0 Å². The van der Waals surface area contributed by atoms with Crippen LogP contribution in [0.5, 0.6) is 0 Å². The zero-order valence-corrected chi connectivity index (χ0v) is 20.9. The highest BCUT2D eigenvalue weighted by molar-refractivity contribution is 5.77. The van der Waals surface area contributed by atoms with E-state index in [2.05, 4.69) is 6.58 Å². The van der Waals surface area contributed by atoms with E-state index in [9.17, 15) is 40.5 Å². The molecule has 0 aromatic carbocycles. The van der Waals surface area contributed by atoms with E-state index >= 15 is 0 Å². The molecule has 4 saturated carbocycles. The number of aliphatic hydroxyl groups is 7. The van der Waals surface area contributed by atoms with Crippen LogP contribution < -0.4 is 0 Å². The van der Waals surface area contributed by atoms with Crippen molar-refractivity contribution in [1.82, 2.24) is 0 Å². The average molecular weight is 513 g/mol. The minimum Gasteiger partial charge on any atom is -0.432 e. The monoisotopic (exact) mass is 512 g/mol. The molecule has 14 unspecified atom stereocenters. The predicted octanol–water partition coefficient (Wildman–Crippen LogP) is -0.789.